The summed E-state index contributed by atoms with van der Waals surface area (Å²) in [5.74, 6) is 1.14. The van der Waals surface area contributed by atoms with Gasteiger partial charge in [-0.1, -0.05) is 54.6 Å². The van der Waals surface area contributed by atoms with Crippen LogP contribution < -0.4 is 5.32 Å². The van der Waals surface area contributed by atoms with Crippen LogP contribution >= 0.6 is 11.8 Å². The first kappa shape index (κ1) is 20.7. The Morgan fingerprint density at radius 2 is 1.88 bits per heavy atom. The van der Waals surface area contributed by atoms with Crippen LogP contribution in [0.2, 0.25) is 0 Å². The van der Waals surface area contributed by atoms with E-state index < -0.39 is 0 Å². The Labute approximate surface area is 195 Å². The largest absolute Gasteiger partial charge is 0.332 e. The molecule has 1 atom stereocenters. The van der Waals surface area contributed by atoms with Crippen molar-refractivity contribution in [1.82, 2.24) is 14.9 Å². The van der Waals surface area contributed by atoms with E-state index >= 15 is 0 Å². The molecule has 0 amide bonds. The highest BCUT2D eigenvalue weighted by Gasteiger charge is 2.26. The van der Waals surface area contributed by atoms with E-state index in [-0.39, 0.29) is 11.2 Å². The van der Waals surface area contributed by atoms with E-state index in [1.807, 2.05) is 66.7 Å². The van der Waals surface area contributed by atoms with Gasteiger partial charge in [-0.15, -0.1) is 11.8 Å². The number of ketones is 1. The Kier molecular flexibility index (Phi) is 5.75. The molecule has 0 radical (unpaired) electrons. The Balaban J connectivity index is 1.48. The van der Waals surface area contributed by atoms with Crippen molar-refractivity contribution in [2.24, 2.45) is 4.99 Å². The summed E-state index contributed by atoms with van der Waals surface area (Å²) < 4.78 is 2.19. The number of carbonyl (C=O) groups excluding carboxylic acids is 1. The number of amidine groups is 1. The fourth-order valence-corrected chi connectivity index (χ4v) is 5.16. The molecule has 1 aliphatic rings. The molecule has 7 heteroatoms. The van der Waals surface area contributed by atoms with Crippen LogP contribution in [0.4, 0.5) is 5.69 Å². The van der Waals surface area contributed by atoms with E-state index in [0.29, 0.717) is 22.5 Å². The second-order valence-electron chi connectivity index (χ2n) is 7.48. The average molecular weight is 450 g/mol. The van der Waals surface area contributed by atoms with Crippen molar-refractivity contribution >= 4 is 29.1 Å². The first-order valence-electron chi connectivity index (χ1n) is 10.4. The minimum absolute atomic E-state index is 0.0748. The summed E-state index contributed by atoms with van der Waals surface area (Å²) in [5.41, 5.74) is 4.85. The number of aromatic nitrogens is 2. The van der Waals surface area contributed by atoms with Crippen LogP contribution in [0.15, 0.2) is 96.4 Å². The van der Waals surface area contributed by atoms with Crippen LogP contribution in [-0.4, -0.2) is 21.2 Å². The zero-order valence-corrected chi connectivity index (χ0v) is 18.4. The van der Waals surface area contributed by atoms with Gasteiger partial charge in [-0.25, -0.2) is 4.99 Å². The molecule has 0 bridgehead atoms. The number of carbonyl (C=O) groups is 1. The van der Waals surface area contributed by atoms with Gasteiger partial charge in [0.15, 0.2) is 12.0 Å². The van der Waals surface area contributed by atoms with Gasteiger partial charge in [0, 0.05) is 46.6 Å². The molecule has 33 heavy (non-hydrogen) atoms. The van der Waals surface area contributed by atoms with E-state index in [2.05, 4.69) is 20.9 Å². The summed E-state index contributed by atoms with van der Waals surface area (Å²) in [6.07, 6.45) is 7.65. The lowest BCUT2D eigenvalue weighted by atomic mass is 10.0. The number of thioether (sulfide) groups is 1. The molecule has 0 spiro atoms. The van der Waals surface area contributed by atoms with Crippen LogP contribution in [0, 0.1) is 11.5 Å². The second-order valence-corrected chi connectivity index (χ2v) is 8.55. The van der Waals surface area contributed by atoms with Crippen molar-refractivity contribution in [1.29, 1.82) is 5.26 Å². The molecule has 6 nitrogen and oxygen atoms in total. The van der Waals surface area contributed by atoms with E-state index in [1.54, 1.807) is 36.5 Å². The third-order valence-corrected chi connectivity index (χ3v) is 6.70. The van der Waals surface area contributed by atoms with Crippen LogP contribution in [0.5, 0.6) is 0 Å². The molecule has 3 heterocycles. The highest BCUT2D eigenvalue weighted by Crippen LogP contribution is 2.44. The van der Waals surface area contributed by atoms with Crippen LogP contribution in [0.3, 0.4) is 0 Å². The summed E-state index contributed by atoms with van der Waals surface area (Å²) in [5, 5.41) is 12.2. The minimum Gasteiger partial charge on any atom is -0.332 e. The minimum atomic E-state index is -0.0748. The van der Waals surface area contributed by atoms with Crippen LogP contribution in [-0.2, 0) is 5.75 Å². The van der Waals surface area contributed by atoms with Gasteiger partial charge in [0.25, 0.3) is 0 Å². The molecular formula is C26H19N5OS. The lowest BCUT2D eigenvalue weighted by Crippen LogP contribution is -2.19. The van der Waals surface area contributed by atoms with Gasteiger partial charge < -0.3 is 4.57 Å². The maximum atomic E-state index is 12.9. The van der Waals surface area contributed by atoms with Crippen molar-refractivity contribution in [3.05, 3.63) is 119 Å². The van der Waals surface area contributed by atoms with Gasteiger partial charge in [-0.2, -0.15) is 5.26 Å². The first-order chi connectivity index (χ1) is 16.2. The van der Waals surface area contributed by atoms with Crippen LogP contribution in [0.25, 0.3) is 0 Å². The van der Waals surface area contributed by atoms with Gasteiger partial charge in [0.2, 0.25) is 0 Å². The van der Waals surface area contributed by atoms with Crippen LogP contribution in [0.1, 0.15) is 38.1 Å². The van der Waals surface area contributed by atoms with Gasteiger partial charge in [-0.3, -0.25) is 15.1 Å². The van der Waals surface area contributed by atoms with Crippen molar-refractivity contribution in [3.8, 4) is 6.19 Å². The number of nitrogens with one attached hydrogen (secondary N) is 1. The summed E-state index contributed by atoms with van der Waals surface area (Å²) >= 11 is 1.81. The van der Waals surface area contributed by atoms with Crippen molar-refractivity contribution in [2.45, 2.75) is 11.1 Å². The standard InChI is InChI=1S/C26H19N5OS/c27-17-29-25(20-9-4-8-19(14-20)24(32)18-6-2-1-3-7-18)30-22-11-13-31-23(22)16-33-26(31)21-10-5-12-28-15-21/h1-15,26H,16H2,(H,29,30). The van der Waals surface area contributed by atoms with E-state index in [0.717, 1.165) is 22.7 Å². The highest BCUT2D eigenvalue weighted by molar-refractivity contribution is 7.99. The third kappa shape index (κ3) is 4.16. The number of nitrogens with zero attached hydrogens (tertiary/aromatic N) is 4. The van der Waals surface area contributed by atoms with Gasteiger partial charge in [0.05, 0.1) is 11.4 Å². The quantitative estimate of drug-likeness (QED) is 0.151. The number of nitriles is 1. The number of hydrogen-bond acceptors (Lipinski definition) is 5. The smallest absolute Gasteiger partial charge is 0.193 e. The molecule has 0 fully saturated rings. The monoisotopic (exact) mass is 449 g/mol. The predicted molar refractivity (Wildman–Crippen MR) is 129 cm³/mol. The maximum absolute atomic E-state index is 12.9. The van der Waals surface area contributed by atoms with Gasteiger partial charge >= 0.3 is 0 Å². The summed E-state index contributed by atoms with van der Waals surface area (Å²) in [6, 6.07) is 22.3. The Bertz CT molecular complexity index is 1370. The number of pyridine rings is 1. The first-order valence-corrected chi connectivity index (χ1v) is 11.4. The topological polar surface area (TPSA) is 83.1 Å². The number of rotatable bonds is 5. The lowest BCUT2D eigenvalue weighted by Gasteiger charge is -2.11. The molecule has 1 N–H and O–H groups in total. The molecule has 5 rings (SSSR count). The zero-order chi connectivity index (χ0) is 22.6. The number of fused-ring (bicyclic) bond motifs is 1. The summed E-state index contributed by atoms with van der Waals surface area (Å²) in [7, 11) is 0. The number of hydrogen-bond donors (Lipinski definition) is 1. The fourth-order valence-electron chi connectivity index (χ4n) is 3.86. The fraction of sp³-hybridized carbons (Fsp3) is 0.0769. The molecule has 0 saturated carbocycles. The normalized spacial score (nSPS) is 15.0. The number of aliphatic imine (C=N–C) groups is 1. The van der Waals surface area contributed by atoms with Crippen molar-refractivity contribution < 1.29 is 4.79 Å². The SMILES string of the molecule is N#CNC(=Nc1ccn2c1CSC2c1cccnc1)c1cccc(C(=O)c2ccccc2)c1. The van der Waals surface area contributed by atoms with Crippen molar-refractivity contribution in [3.63, 3.8) is 0 Å². The second kappa shape index (κ2) is 9.15. The molecule has 2 aromatic carbocycles. The maximum Gasteiger partial charge on any atom is 0.193 e. The van der Waals surface area contributed by atoms with E-state index in [9.17, 15) is 10.1 Å². The molecule has 2 aromatic heterocycles. The lowest BCUT2D eigenvalue weighted by molar-refractivity contribution is 0.103. The highest BCUT2D eigenvalue weighted by atomic mass is 32.2. The summed E-state index contributed by atoms with van der Waals surface area (Å²) in [6.45, 7) is 0. The molecule has 0 aliphatic carbocycles. The molecule has 1 unspecified atom stereocenters. The predicted octanol–water partition coefficient (Wildman–Crippen LogP) is 5.06. The molecule has 1 aliphatic heterocycles. The zero-order valence-electron chi connectivity index (χ0n) is 17.6. The summed E-state index contributed by atoms with van der Waals surface area (Å²) in [4.78, 5) is 21.9. The average Bonchev–Trinajstić information content (AvgIpc) is 3.47. The molecular weight excluding hydrogens is 430 g/mol. The third-order valence-electron chi connectivity index (χ3n) is 5.44. The Morgan fingerprint density at radius 3 is 2.67 bits per heavy atom. The van der Waals surface area contributed by atoms with Gasteiger partial charge in [0.1, 0.15) is 11.2 Å². The van der Waals surface area contributed by atoms with E-state index in [4.69, 9.17) is 4.99 Å². The van der Waals surface area contributed by atoms with Gasteiger partial charge in [-0.05, 0) is 18.2 Å². The Hall–Kier alpha value is -4.15. The Morgan fingerprint density at radius 1 is 1.06 bits per heavy atom. The number of benzene rings is 2. The molecule has 160 valence electrons. The van der Waals surface area contributed by atoms with E-state index in [1.165, 1.54) is 0 Å². The molecule has 4 aromatic rings. The molecule has 0 saturated heterocycles. The van der Waals surface area contributed by atoms with Crippen molar-refractivity contribution in [2.75, 3.05) is 0 Å².